The third kappa shape index (κ3) is 3.73. The van der Waals surface area contributed by atoms with Gasteiger partial charge in [-0.15, -0.1) is 22.0 Å². The van der Waals surface area contributed by atoms with Crippen LogP contribution >= 0.6 is 23.4 Å². The van der Waals surface area contributed by atoms with E-state index in [-0.39, 0.29) is 11.0 Å². The Morgan fingerprint density at radius 2 is 2.19 bits per heavy atom. The Labute approximate surface area is 163 Å². The first kappa shape index (κ1) is 18.4. The fourth-order valence-electron chi connectivity index (χ4n) is 3.04. The van der Waals surface area contributed by atoms with Crippen LogP contribution in [0, 0.1) is 5.82 Å². The van der Waals surface area contributed by atoms with Crippen LogP contribution in [0.15, 0.2) is 30.5 Å². The highest BCUT2D eigenvalue weighted by Gasteiger charge is 2.38. The highest BCUT2D eigenvalue weighted by Crippen LogP contribution is 2.40. The van der Waals surface area contributed by atoms with Gasteiger partial charge in [0.05, 0.1) is 17.5 Å². The summed E-state index contributed by atoms with van der Waals surface area (Å²) in [6, 6.07) is 6.42. The van der Waals surface area contributed by atoms with Crippen LogP contribution < -0.4 is 5.32 Å². The van der Waals surface area contributed by atoms with Crippen molar-refractivity contribution < 1.29 is 14.6 Å². The minimum atomic E-state index is -0.918. The Morgan fingerprint density at radius 1 is 1.33 bits per heavy atom. The molecule has 0 unspecified atom stereocenters. The number of rotatable bonds is 5. The van der Waals surface area contributed by atoms with E-state index in [1.165, 1.54) is 23.9 Å². The predicted octanol–water partition coefficient (Wildman–Crippen LogP) is 2.08. The van der Waals surface area contributed by atoms with Crippen molar-refractivity contribution in [2.24, 2.45) is 0 Å². The van der Waals surface area contributed by atoms with Crippen LogP contribution in [0.4, 0.5) is 10.2 Å². The number of aliphatic hydroxyl groups is 2. The molecule has 0 amide bonds. The Bertz CT molecular complexity index is 972. The van der Waals surface area contributed by atoms with E-state index >= 15 is 0 Å². The van der Waals surface area contributed by atoms with E-state index in [0.717, 1.165) is 5.56 Å². The Balaban J connectivity index is 1.56. The van der Waals surface area contributed by atoms with Crippen molar-refractivity contribution in [3.63, 3.8) is 0 Å². The number of aromatic nitrogens is 4. The van der Waals surface area contributed by atoms with E-state index in [1.807, 2.05) is 6.07 Å². The molecule has 3 N–H and O–H groups in total. The lowest BCUT2D eigenvalue weighted by atomic mass is 10.1. The van der Waals surface area contributed by atoms with E-state index < -0.39 is 17.5 Å². The SMILES string of the molecule is O[C@@H]1[C@H](O)CS[C@H]1c1nnc2c(NCCc3cccc(F)c3)nc(Cl)cn12. The van der Waals surface area contributed by atoms with Crippen LogP contribution in [0.2, 0.25) is 5.15 Å². The van der Waals surface area contributed by atoms with Crippen LogP contribution in [0.1, 0.15) is 16.6 Å². The summed E-state index contributed by atoms with van der Waals surface area (Å²) >= 11 is 7.56. The highest BCUT2D eigenvalue weighted by molar-refractivity contribution is 7.99. The summed E-state index contributed by atoms with van der Waals surface area (Å²) < 4.78 is 15.0. The van der Waals surface area contributed by atoms with Crippen LogP contribution in [-0.4, -0.2) is 54.3 Å². The molecule has 1 saturated heterocycles. The summed E-state index contributed by atoms with van der Waals surface area (Å²) in [7, 11) is 0. The standard InChI is InChI=1S/C17H17ClFN5O2S/c18-12-7-24-16(14-13(26)11(25)8-27-14)22-23-17(24)15(21-12)20-5-4-9-2-1-3-10(19)6-9/h1-3,6-7,11,13-14,25-26H,4-5,8H2,(H,20,21)/t11-,13-,14-/m1/s1. The van der Waals surface area contributed by atoms with Gasteiger partial charge in [-0.3, -0.25) is 4.40 Å². The largest absolute Gasteiger partial charge is 0.390 e. The number of aliphatic hydroxyl groups excluding tert-OH is 2. The van der Waals surface area contributed by atoms with Gasteiger partial charge in [-0.1, -0.05) is 23.7 Å². The molecule has 7 nitrogen and oxygen atoms in total. The van der Waals surface area contributed by atoms with Gasteiger partial charge in [0.25, 0.3) is 0 Å². The first-order valence-corrected chi connectivity index (χ1v) is 9.83. The Morgan fingerprint density at radius 3 is 2.93 bits per heavy atom. The topological polar surface area (TPSA) is 95.6 Å². The maximum atomic E-state index is 13.3. The second-order valence-electron chi connectivity index (χ2n) is 6.28. The van der Waals surface area contributed by atoms with Crippen LogP contribution in [-0.2, 0) is 6.42 Å². The second kappa shape index (κ2) is 7.59. The normalized spacial score (nSPS) is 22.4. The molecule has 4 rings (SSSR count). The van der Waals surface area contributed by atoms with Crippen LogP contribution in [0.5, 0.6) is 0 Å². The fraction of sp³-hybridized carbons (Fsp3) is 0.353. The second-order valence-corrected chi connectivity index (χ2v) is 7.84. The van der Waals surface area contributed by atoms with Crippen molar-refractivity contribution in [3.8, 4) is 0 Å². The van der Waals surface area contributed by atoms with E-state index in [9.17, 15) is 14.6 Å². The molecule has 0 radical (unpaired) electrons. The van der Waals surface area contributed by atoms with Crippen molar-refractivity contribution in [3.05, 3.63) is 52.8 Å². The van der Waals surface area contributed by atoms with E-state index in [1.54, 1.807) is 16.7 Å². The molecule has 142 valence electrons. The minimum Gasteiger partial charge on any atom is -0.390 e. The first-order chi connectivity index (χ1) is 13.0. The monoisotopic (exact) mass is 409 g/mol. The average Bonchev–Trinajstić information content (AvgIpc) is 3.19. The summed E-state index contributed by atoms with van der Waals surface area (Å²) in [5.41, 5.74) is 1.34. The van der Waals surface area contributed by atoms with Gasteiger partial charge in [-0.25, -0.2) is 9.37 Å². The zero-order valence-electron chi connectivity index (χ0n) is 14.1. The minimum absolute atomic E-state index is 0.245. The number of hydrogen-bond donors (Lipinski definition) is 3. The number of nitrogens with one attached hydrogen (secondary N) is 1. The Kier molecular flexibility index (Phi) is 5.18. The molecule has 1 fully saturated rings. The molecule has 10 heteroatoms. The van der Waals surface area contributed by atoms with Gasteiger partial charge in [0.1, 0.15) is 11.0 Å². The van der Waals surface area contributed by atoms with Gasteiger partial charge in [-0.05, 0) is 24.1 Å². The summed E-state index contributed by atoms with van der Waals surface area (Å²) in [6.07, 6.45) is 0.469. The molecule has 0 bridgehead atoms. The first-order valence-electron chi connectivity index (χ1n) is 8.40. The predicted molar refractivity (Wildman–Crippen MR) is 102 cm³/mol. The molecule has 0 spiro atoms. The van der Waals surface area contributed by atoms with E-state index in [0.29, 0.717) is 36.0 Å². The van der Waals surface area contributed by atoms with Gasteiger partial charge < -0.3 is 15.5 Å². The van der Waals surface area contributed by atoms with Gasteiger partial charge in [0, 0.05) is 18.5 Å². The number of anilines is 1. The average molecular weight is 410 g/mol. The quantitative estimate of drug-likeness (QED) is 0.593. The summed E-state index contributed by atoms with van der Waals surface area (Å²) in [5.74, 6) is 1.12. The van der Waals surface area contributed by atoms with Crippen molar-refractivity contribution >= 4 is 34.8 Å². The lowest BCUT2D eigenvalue weighted by Crippen LogP contribution is -2.25. The van der Waals surface area contributed by atoms with Crippen LogP contribution in [0.25, 0.3) is 5.65 Å². The number of benzene rings is 1. The molecule has 0 saturated carbocycles. The fourth-order valence-corrected chi connectivity index (χ4v) is 4.52. The number of fused-ring (bicyclic) bond motifs is 1. The molecule has 2 aromatic heterocycles. The number of hydrogen-bond acceptors (Lipinski definition) is 7. The van der Waals surface area contributed by atoms with Crippen LogP contribution in [0.3, 0.4) is 0 Å². The molecule has 1 aliphatic rings. The highest BCUT2D eigenvalue weighted by atomic mass is 35.5. The molecule has 1 aromatic carbocycles. The molecule has 0 aliphatic carbocycles. The third-order valence-electron chi connectivity index (χ3n) is 4.39. The third-order valence-corrected chi connectivity index (χ3v) is 5.95. The van der Waals surface area contributed by atoms with Crippen molar-refractivity contribution in [2.45, 2.75) is 23.9 Å². The van der Waals surface area contributed by atoms with Gasteiger partial charge in [-0.2, -0.15) is 0 Å². The number of nitrogens with zero attached hydrogens (tertiary/aromatic N) is 4. The molecule has 3 heterocycles. The van der Waals surface area contributed by atoms with E-state index in [4.69, 9.17) is 11.6 Å². The van der Waals surface area contributed by atoms with E-state index in [2.05, 4.69) is 20.5 Å². The maximum absolute atomic E-state index is 13.3. The lowest BCUT2D eigenvalue weighted by Gasteiger charge is -2.14. The zero-order chi connectivity index (χ0) is 19.0. The molecule has 1 aliphatic heterocycles. The number of halogens is 2. The molecular weight excluding hydrogens is 393 g/mol. The summed E-state index contributed by atoms with van der Waals surface area (Å²) in [5, 5.41) is 31.3. The lowest BCUT2D eigenvalue weighted by molar-refractivity contribution is 0.0404. The van der Waals surface area contributed by atoms with Gasteiger partial charge in [0.15, 0.2) is 11.6 Å². The van der Waals surface area contributed by atoms with Gasteiger partial charge in [0.2, 0.25) is 5.65 Å². The number of thioether (sulfide) groups is 1. The maximum Gasteiger partial charge on any atom is 0.203 e. The molecule has 3 atom stereocenters. The zero-order valence-corrected chi connectivity index (χ0v) is 15.7. The Hall–Kier alpha value is -1.94. The molecule has 27 heavy (non-hydrogen) atoms. The van der Waals surface area contributed by atoms with Crippen molar-refractivity contribution in [1.29, 1.82) is 0 Å². The van der Waals surface area contributed by atoms with Crippen molar-refractivity contribution in [2.75, 3.05) is 17.6 Å². The summed E-state index contributed by atoms with van der Waals surface area (Å²) in [6.45, 7) is 0.508. The summed E-state index contributed by atoms with van der Waals surface area (Å²) in [4.78, 5) is 4.26. The molecular formula is C17H17ClFN5O2S. The molecule has 3 aromatic rings. The smallest absolute Gasteiger partial charge is 0.203 e. The van der Waals surface area contributed by atoms with Gasteiger partial charge >= 0.3 is 0 Å². The van der Waals surface area contributed by atoms with Crippen molar-refractivity contribution in [1.82, 2.24) is 19.6 Å².